The Hall–Kier alpha value is -2.44. The summed E-state index contributed by atoms with van der Waals surface area (Å²) in [6.45, 7) is 10.0. The molecule has 2 aromatic heterocycles. The molecule has 0 amide bonds. The minimum atomic E-state index is -0.737. The summed E-state index contributed by atoms with van der Waals surface area (Å²) in [7, 11) is 0. The van der Waals surface area contributed by atoms with Crippen LogP contribution in [0.3, 0.4) is 0 Å². The first-order valence-corrected chi connectivity index (χ1v) is 9.55. The minimum absolute atomic E-state index is 0.570. The molecule has 0 spiro atoms. The Balaban J connectivity index is 1.67. The number of hydrogen-bond donors (Lipinski definition) is 1. The van der Waals surface area contributed by atoms with Gasteiger partial charge in [-0.25, -0.2) is 9.50 Å². The Bertz CT molecular complexity index is 996. The lowest BCUT2D eigenvalue weighted by molar-refractivity contribution is -0.00425. The molecule has 1 aliphatic rings. The SMILES string of the molecule is CCOc1ccccc1C(O)N1Cc2nn3c(C)c(CC)c(C)nc3c2C1. The number of para-hydroxylation sites is 1. The summed E-state index contributed by atoms with van der Waals surface area (Å²) in [6.07, 6.45) is 0.212. The van der Waals surface area contributed by atoms with E-state index in [1.807, 2.05) is 40.6 Å². The van der Waals surface area contributed by atoms with Crippen LogP contribution in [0.1, 0.15) is 53.8 Å². The molecule has 0 radical (unpaired) electrons. The van der Waals surface area contributed by atoms with Crippen molar-refractivity contribution in [1.29, 1.82) is 0 Å². The Kier molecular flexibility index (Phi) is 4.61. The fourth-order valence-electron chi connectivity index (χ4n) is 4.05. The van der Waals surface area contributed by atoms with E-state index in [4.69, 9.17) is 14.8 Å². The van der Waals surface area contributed by atoms with Crippen LogP contribution in [0.15, 0.2) is 24.3 Å². The number of aryl methyl sites for hydroxylation is 2. The maximum atomic E-state index is 11.0. The minimum Gasteiger partial charge on any atom is -0.493 e. The van der Waals surface area contributed by atoms with Gasteiger partial charge in [-0.15, -0.1) is 0 Å². The van der Waals surface area contributed by atoms with Crippen molar-refractivity contribution in [3.63, 3.8) is 0 Å². The number of aliphatic hydroxyl groups excluding tert-OH is 1. The average molecular weight is 366 g/mol. The number of nitrogens with zero attached hydrogens (tertiary/aromatic N) is 4. The number of fused-ring (bicyclic) bond motifs is 3. The molecule has 4 rings (SSSR count). The summed E-state index contributed by atoms with van der Waals surface area (Å²) >= 11 is 0. The highest BCUT2D eigenvalue weighted by molar-refractivity contribution is 5.54. The molecule has 6 nitrogen and oxygen atoms in total. The van der Waals surface area contributed by atoms with Gasteiger partial charge < -0.3 is 9.84 Å². The van der Waals surface area contributed by atoms with E-state index in [1.54, 1.807) is 0 Å². The van der Waals surface area contributed by atoms with Crippen LogP contribution in [0.4, 0.5) is 0 Å². The molecule has 0 bridgehead atoms. The second kappa shape index (κ2) is 6.94. The van der Waals surface area contributed by atoms with Crippen LogP contribution in [-0.2, 0) is 19.5 Å². The third-order valence-electron chi connectivity index (χ3n) is 5.41. The molecule has 0 saturated heterocycles. The van der Waals surface area contributed by atoms with Crippen LogP contribution in [0.25, 0.3) is 5.65 Å². The maximum Gasteiger partial charge on any atom is 0.160 e. The molecule has 0 aliphatic carbocycles. The van der Waals surface area contributed by atoms with E-state index >= 15 is 0 Å². The molecule has 1 N–H and O–H groups in total. The summed E-state index contributed by atoms with van der Waals surface area (Å²) in [6, 6.07) is 7.66. The summed E-state index contributed by atoms with van der Waals surface area (Å²) < 4.78 is 7.65. The lowest BCUT2D eigenvalue weighted by Gasteiger charge is -2.24. The van der Waals surface area contributed by atoms with Crippen molar-refractivity contribution in [3.05, 3.63) is 58.0 Å². The normalized spacial score (nSPS) is 15.3. The van der Waals surface area contributed by atoms with Gasteiger partial charge in [0.05, 0.1) is 12.3 Å². The maximum absolute atomic E-state index is 11.0. The lowest BCUT2D eigenvalue weighted by Crippen LogP contribution is -2.24. The molecule has 3 heterocycles. The number of rotatable bonds is 5. The van der Waals surface area contributed by atoms with Crippen LogP contribution in [-0.4, -0.2) is 31.2 Å². The molecule has 1 atom stereocenters. The first-order valence-electron chi connectivity index (χ1n) is 9.55. The van der Waals surface area contributed by atoms with Crippen LogP contribution >= 0.6 is 0 Å². The highest BCUT2D eigenvalue weighted by Crippen LogP contribution is 2.35. The van der Waals surface area contributed by atoms with Crippen molar-refractivity contribution in [3.8, 4) is 5.75 Å². The standard InChI is InChI=1S/C21H26N4O2/c1-5-15-13(3)22-20-17-11-24(12-18(17)23-25(20)14(15)4)21(26)16-9-7-8-10-19(16)27-6-2/h7-10,21,26H,5-6,11-12H2,1-4H3. The van der Waals surface area contributed by atoms with Gasteiger partial charge in [-0.05, 0) is 38.8 Å². The van der Waals surface area contributed by atoms with Gasteiger partial charge in [0.1, 0.15) is 12.0 Å². The monoisotopic (exact) mass is 366 g/mol. The molecule has 27 heavy (non-hydrogen) atoms. The van der Waals surface area contributed by atoms with Crippen molar-refractivity contribution in [2.24, 2.45) is 0 Å². The zero-order chi connectivity index (χ0) is 19.1. The molecular weight excluding hydrogens is 340 g/mol. The number of aliphatic hydroxyl groups is 1. The van der Waals surface area contributed by atoms with E-state index in [-0.39, 0.29) is 0 Å². The lowest BCUT2D eigenvalue weighted by atomic mass is 10.1. The van der Waals surface area contributed by atoms with E-state index in [0.717, 1.165) is 46.0 Å². The summed E-state index contributed by atoms with van der Waals surface area (Å²) in [4.78, 5) is 6.83. The fourth-order valence-corrected chi connectivity index (χ4v) is 4.05. The van der Waals surface area contributed by atoms with Gasteiger partial charge in [-0.1, -0.05) is 25.1 Å². The summed E-state index contributed by atoms with van der Waals surface area (Å²) in [5.74, 6) is 0.726. The summed E-state index contributed by atoms with van der Waals surface area (Å²) in [5.41, 5.74) is 7.27. The number of benzene rings is 1. The molecule has 0 saturated carbocycles. The Morgan fingerprint density at radius 2 is 1.96 bits per heavy atom. The van der Waals surface area contributed by atoms with Crippen molar-refractivity contribution in [2.45, 2.75) is 53.4 Å². The van der Waals surface area contributed by atoms with E-state index in [1.165, 1.54) is 5.56 Å². The zero-order valence-electron chi connectivity index (χ0n) is 16.4. The molecule has 1 unspecified atom stereocenters. The molecule has 3 aromatic rings. The van der Waals surface area contributed by atoms with Gasteiger partial charge in [-0.2, -0.15) is 5.10 Å². The highest BCUT2D eigenvalue weighted by atomic mass is 16.5. The van der Waals surface area contributed by atoms with E-state index < -0.39 is 6.23 Å². The second-order valence-electron chi connectivity index (χ2n) is 7.02. The number of aromatic nitrogens is 3. The van der Waals surface area contributed by atoms with Gasteiger partial charge in [-0.3, -0.25) is 4.90 Å². The van der Waals surface area contributed by atoms with Gasteiger partial charge in [0.2, 0.25) is 0 Å². The molecule has 1 aromatic carbocycles. The number of hydrogen-bond acceptors (Lipinski definition) is 5. The Labute approximate surface area is 159 Å². The van der Waals surface area contributed by atoms with Gasteiger partial charge in [0.25, 0.3) is 0 Å². The first kappa shape index (κ1) is 17.9. The zero-order valence-corrected chi connectivity index (χ0v) is 16.4. The molecule has 1 aliphatic heterocycles. The Morgan fingerprint density at radius 1 is 1.19 bits per heavy atom. The summed E-state index contributed by atoms with van der Waals surface area (Å²) in [5, 5.41) is 15.8. The van der Waals surface area contributed by atoms with Gasteiger partial charge >= 0.3 is 0 Å². The van der Waals surface area contributed by atoms with Crippen molar-refractivity contribution < 1.29 is 9.84 Å². The number of ether oxygens (including phenoxy) is 1. The van der Waals surface area contributed by atoms with E-state index in [9.17, 15) is 5.11 Å². The molecule has 142 valence electrons. The highest BCUT2D eigenvalue weighted by Gasteiger charge is 2.32. The van der Waals surface area contributed by atoms with Gasteiger partial charge in [0.15, 0.2) is 5.65 Å². The van der Waals surface area contributed by atoms with Crippen molar-refractivity contribution >= 4 is 5.65 Å². The molecule has 6 heteroatoms. The van der Waals surface area contributed by atoms with Crippen molar-refractivity contribution in [1.82, 2.24) is 19.5 Å². The van der Waals surface area contributed by atoms with E-state index in [2.05, 4.69) is 20.8 Å². The van der Waals surface area contributed by atoms with E-state index in [0.29, 0.717) is 19.7 Å². The largest absolute Gasteiger partial charge is 0.493 e. The third kappa shape index (κ3) is 2.89. The second-order valence-corrected chi connectivity index (χ2v) is 7.02. The smallest absolute Gasteiger partial charge is 0.160 e. The van der Waals surface area contributed by atoms with Crippen LogP contribution in [0, 0.1) is 13.8 Å². The van der Waals surface area contributed by atoms with Crippen LogP contribution in [0.2, 0.25) is 0 Å². The molecule has 0 fully saturated rings. The van der Waals surface area contributed by atoms with Crippen LogP contribution in [0.5, 0.6) is 5.75 Å². The predicted octanol–water partition coefficient (Wildman–Crippen LogP) is 3.31. The van der Waals surface area contributed by atoms with Crippen molar-refractivity contribution in [2.75, 3.05) is 6.61 Å². The first-order chi connectivity index (χ1) is 13.0. The third-order valence-corrected chi connectivity index (χ3v) is 5.41. The Morgan fingerprint density at radius 3 is 2.70 bits per heavy atom. The predicted molar refractivity (Wildman–Crippen MR) is 104 cm³/mol. The van der Waals surface area contributed by atoms with Gasteiger partial charge in [0, 0.05) is 35.6 Å². The molecular formula is C21H26N4O2. The average Bonchev–Trinajstić information content (AvgIpc) is 3.21. The topological polar surface area (TPSA) is 62.9 Å². The van der Waals surface area contributed by atoms with Crippen LogP contribution < -0.4 is 4.74 Å². The quantitative estimate of drug-likeness (QED) is 0.751. The fraction of sp³-hybridized carbons (Fsp3) is 0.429.